The SMILES string of the molecule is CC(C#N)CN(C)c1cc(N)nc(C(C)C)n1. The van der Waals surface area contributed by atoms with E-state index < -0.39 is 0 Å². The molecule has 5 nitrogen and oxygen atoms in total. The normalized spacial score (nSPS) is 12.2. The van der Waals surface area contributed by atoms with Crippen molar-refractivity contribution in [1.82, 2.24) is 9.97 Å². The highest BCUT2D eigenvalue weighted by Gasteiger charge is 2.11. The minimum Gasteiger partial charge on any atom is -0.384 e. The van der Waals surface area contributed by atoms with E-state index in [4.69, 9.17) is 11.0 Å². The molecule has 0 aromatic carbocycles. The van der Waals surface area contributed by atoms with E-state index in [2.05, 4.69) is 16.0 Å². The van der Waals surface area contributed by atoms with Gasteiger partial charge in [0.1, 0.15) is 17.5 Å². The fraction of sp³-hybridized carbons (Fsp3) is 0.583. The van der Waals surface area contributed by atoms with Gasteiger partial charge in [0.05, 0.1) is 12.0 Å². The van der Waals surface area contributed by atoms with Crippen LogP contribution < -0.4 is 10.6 Å². The summed E-state index contributed by atoms with van der Waals surface area (Å²) < 4.78 is 0. The Hall–Kier alpha value is -1.83. The van der Waals surface area contributed by atoms with Gasteiger partial charge >= 0.3 is 0 Å². The van der Waals surface area contributed by atoms with Gasteiger partial charge in [0, 0.05) is 25.6 Å². The summed E-state index contributed by atoms with van der Waals surface area (Å²) in [5.41, 5.74) is 5.76. The third-order valence-electron chi connectivity index (χ3n) is 2.43. The standard InChI is InChI=1S/C12H19N5/c1-8(2)12-15-10(14)5-11(16-12)17(4)7-9(3)6-13/h5,8-9H,7H2,1-4H3,(H2,14,15,16). The molecule has 0 radical (unpaired) electrons. The molecule has 0 fully saturated rings. The van der Waals surface area contributed by atoms with Gasteiger partial charge in [-0.2, -0.15) is 5.26 Å². The van der Waals surface area contributed by atoms with Crippen molar-refractivity contribution >= 4 is 11.6 Å². The fourth-order valence-electron chi connectivity index (χ4n) is 1.47. The Labute approximate surface area is 102 Å². The van der Waals surface area contributed by atoms with Gasteiger partial charge in [-0.25, -0.2) is 9.97 Å². The van der Waals surface area contributed by atoms with E-state index in [1.807, 2.05) is 32.7 Å². The highest BCUT2D eigenvalue weighted by Crippen LogP contribution is 2.18. The minimum absolute atomic E-state index is 0.0429. The van der Waals surface area contributed by atoms with Crippen LogP contribution in [-0.2, 0) is 0 Å². The summed E-state index contributed by atoms with van der Waals surface area (Å²) >= 11 is 0. The number of rotatable bonds is 4. The third-order valence-corrected chi connectivity index (χ3v) is 2.43. The lowest BCUT2D eigenvalue weighted by molar-refractivity contribution is 0.700. The van der Waals surface area contributed by atoms with Crippen LogP contribution in [0.5, 0.6) is 0 Å². The Morgan fingerprint density at radius 1 is 1.41 bits per heavy atom. The van der Waals surface area contributed by atoms with Crippen LogP contribution in [-0.4, -0.2) is 23.6 Å². The lowest BCUT2D eigenvalue weighted by atomic mass is 10.2. The Morgan fingerprint density at radius 3 is 2.59 bits per heavy atom. The molecule has 5 heteroatoms. The van der Waals surface area contributed by atoms with Crippen LogP contribution in [0.4, 0.5) is 11.6 Å². The van der Waals surface area contributed by atoms with Crippen molar-refractivity contribution in [2.24, 2.45) is 5.92 Å². The van der Waals surface area contributed by atoms with Gasteiger partial charge in [0.25, 0.3) is 0 Å². The average molecular weight is 233 g/mol. The van der Waals surface area contributed by atoms with Crippen LogP contribution in [0.2, 0.25) is 0 Å². The van der Waals surface area contributed by atoms with E-state index in [-0.39, 0.29) is 11.8 Å². The molecule has 1 heterocycles. The van der Waals surface area contributed by atoms with Crippen molar-refractivity contribution in [1.29, 1.82) is 5.26 Å². The number of hydrogen-bond acceptors (Lipinski definition) is 5. The summed E-state index contributed by atoms with van der Waals surface area (Å²) in [7, 11) is 1.90. The number of nitriles is 1. The largest absolute Gasteiger partial charge is 0.384 e. The molecule has 0 bridgehead atoms. The van der Waals surface area contributed by atoms with Gasteiger partial charge in [-0.1, -0.05) is 13.8 Å². The predicted octanol–water partition coefficient (Wildman–Crippen LogP) is 1.78. The van der Waals surface area contributed by atoms with Gasteiger partial charge in [-0.15, -0.1) is 0 Å². The number of hydrogen-bond donors (Lipinski definition) is 1. The van der Waals surface area contributed by atoms with Crippen molar-refractivity contribution in [2.45, 2.75) is 26.7 Å². The Bertz CT molecular complexity index is 421. The molecule has 2 N–H and O–H groups in total. The third kappa shape index (κ3) is 3.59. The van der Waals surface area contributed by atoms with E-state index in [9.17, 15) is 0 Å². The maximum Gasteiger partial charge on any atom is 0.135 e. The quantitative estimate of drug-likeness (QED) is 0.857. The van der Waals surface area contributed by atoms with Crippen LogP contribution in [0, 0.1) is 17.2 Å². The topological polar surface area (TPSA) is 78.8 Å². The fourth-order valence-corrected chi connectivity index (χ4v) is 1.47. The molecule has 92 valence electrons. The summed E-state index contributed by atoms with van der Waals surface area (Å²) in [5.74, 6) is 2.16. The van der Waals surface area contributed by atoms with Gasteiger partial charge in [0.2, 0.25) is 0 Å². The summed E-state index contributed by atoms with van der Waals surface area (Å²) in [6.45, 7) is 6.56. The average Bonchev–Trinajstić information content (AvgIpc) is 2.27. The Kier molecular flexibility index (Phi) is 4.27. The first-order chi connectivity index (χ1) is 7.93. The highest BCUT2D eigenvalue weighted by molar-refractivity contribution is 5.46. The first kappa shape index (κ1) is 13.2. The van der Waals surface area contributed by atoms with Crippen LogP contribution in [0.15, 0.2) is 6.07 Å². The maximum absolute atomic E-state index is 8.79. The second kappa shape index (κ2) is 5.48. The van der Waals surface area contributed by atoms with Gasteiger partial charge in [-0.05, 0) is 6.92 Å². The molecule has 0 spiro atoms. The molecule has 0 saturated heterocycles. The van der Waals surface area contributed by atoms with Crippen molar-refractivity contribution in [3.63, 3.8) is 0 Å². The lowest BCUT2D eigenvalue weighted by Gasteiger charge is -2.20. The summed E-state index contributed by atoms with van der Waals surface area (Å²) in [6.07, 6.45) is 0. The molecule has 0 saturated carbocycles. The van der Waals surface area contributed by atoms with E-state index >= 15 is 0 Å². The van der Waals surface area contributed by atoms with Crippen LogP contribution in [0.1, 0.15) is 32.5 Å². The number of anilines is 2. The van der Waals surface area contributed by atoms with Crippen molar-refractivity contribution < 1.29 is 0 Å². The van der Waals surface area contributed by atoms with Gasteiger partial charge in [-0.3, -0.25) is 0 Å². The molecular weight excluding hydrogens is 214 g/mol. The molecule has 0 aliphatic carbocycles. The number of nitrogens with zero attached hydrogens (tertiary/aromatic N) is 4. The molecule has 1 atom stereocenters. The Morgan fingerprint density at radius 2 is 2.06 bits per heavy atom. The second-order valence-electron chi connectivity index (χ2n) is 4.57. The van der Waals surface area contributed by atoms with E-state index in [1.54, 1.807) is 6.07 Å². The molecule has 17 heavy (non-hydrogen) atoms. The zero-order valence-electron chi connectivity index (χ0n) is 10.8. The van der Waals surface area contributed by atoms with Crippen molar-refractivity contribution in [3.05, 3.63) is 11.9 Å². The number of nitrogens with two attached hydrogens (primary N) is 1. The highest BCUT2D eigenvalue weighted by atomic mass is 15.2. The molecule has 0 amide bonds. The van der Waals surface area contributed by atoms with Crippen molar-refractivity contribution in [3.8, 4) is 6.07 Å². The smallest absolute Gasteiger partial charge is 0.135 e. The summed E-state index contributed by atoms with van der Waals surface area (Å²) in [6, 6.07) is 3.93. The first-order valence-electron chi connectivity index (χ1n) is 5.69. The van der Waals surface area contributed by atoms with Gasteiger partial charge in [0.15, 0.2) is 0 Å². The second-order valence-corrected chi connectivity index (χ2v) is 4.57. The van der Waals surface area contributed by atoms with Crippen LogP contribution in [0.3, 0.4) is 0 Å². The molecule has 1 aromatic rings. The Balaban J connectivity index is 2.94. The minimum atomic E-state index is -0.0429. The number of aromatic nitrogens is 2. The van der Waals surface area contributed by atoms with Crippen LogP contribution in [0.25, 0.3) is 0 Å². The monoisotopic (exact) mass is 233 g/mol. The molecule has 0 aliphatic heterocycles. The molecular formula is C12H19N5. The molecule has 1 rings (SSSR count). The maximum atomic E-state index is 8.79. The zero-order valence-corrected chi connectivity index (χ0v) is 10.8. The lowest BCUT2D eigenvalue weighted by Crippen LogP contribution is -2.25. The first-order valence-corrected chi connectivity index (χ1v) is 5.69. The van der Waals surface area contributed by atoms with E-state index in [1.165, 1.54) is 0 Å². The molecule has 0 aliphatic rings. The summed E-state index contributed by atoms with van der Waals surface area (Å²) in [4.78, 5) is 10.6. The van der Waals surface area contributed by atoms with E-state index in [0.29, 0.717) is 12.4 Å². The zero-order chi connectivity index (χ0) is 13.0. The van der Waals surface area contributed by atoms with E-state index in [0.717, 1.165) is 11.6 Å². The predicted molar refractivity (Wildman–Crippen MR) is 68.6 cm³/mol. The summed E-state index contributed by atoms with van der Waals surface area (Å²) in [5, 5.41) is 8.79. The molecule has 1 aromatic heterocycles. The van der Waals surface area contributed by atoms with Crippen molar-refractivity contribution in [2.75, 3.05) is 24.2 Å². The van der Waals surface area contributed by atoms with Gasteiger partial charge < -0.3 is 10.6 Å². The molecule has 1 unspecified atom stereocenters. The number of nitrogen functional groups attached to an aromatic ring is 1. The van der Waals surface area contributed by atoms with Crippen LogP contribution >= 0.6 is 0 Å².